The fourth-order valence-corrected chi connectivity index (χ4v) is 7.98. The molecular weight excluding hydrogens is 603 g/mol. The van der Waals surface area contributed by atoms with Gasteiger partial charge in [-0.15, -0.1) is 23.5 Å². The van der Waals surface area contributed by atoms with Crippen molar-refractivity contribution in [3.63, 3.8) is 0 Å². The van der Waals surface area contributed by atoms with Gasteiger partial charge in [-0.25, -0.2) is 4.79 Å². The van der Waals surface area contributed by atoms with E-state index in [9.17, 15) is 19.2 Å². The van der Waals surface area contributed by atoms with E-state index in [-0.39, 0.29) is 45.9 Å². The number of ketones is 2. The first-order valence-corrected chi connectivity index (χ1v) is 16.2. The van der Waals surface area contributed by atoms with Gasteiger partial charge in [0.2, 0.25) is 5.91 Å². The van der Waals surface area contributed by atoms with Crippen molar-refractivity contribution in [2.45, 2.75) is 33.3 Å². The zero-order valence-corrected chi connectivity index (χ0v) is 25.7. The van der Waals surface area contributed by atoms with Gasteiger partial charge in [0.1, 0.15) is 0 Å². The molecule has 0 spiro atoms. The number of amides is 3. The lowest BCUT2D eigenvalue weighted by molar-refractivity contribution is -0.115. The van der Waals surface area contributed by atoms with Crippen molar-refractivity contribution < 1.29 is 19.2 Å². The predicted molar refractivity (Wildman–Crippen MR) is 180 cm³/mol. The second-order valence-electron chi connectivity index (χ2n) is 10.8. The van der Waals surface area contributed by atoms with Crippen molar-refractivity contribution in [2.24, 2.45) is 0 Å². The van der Waals surface area contributed by atoms with Crippen molar-refractivity contribution in [3.05, 3.63) is 138 Å². The van der Waals surface area contributed by atoms with E-state index in [4.69, 9.17) is 0 Å². The van der Waals surface area contributed by atoms with Crippen molar-refractivity contribution in [1.29, 1.82) is 0 Å². The average Bonchev–Trinajstić information content (AvgIpc) is 3.06. The Balaban J connectivity index is 1.06. The van der Waals surface area contributed by atoms with E-state index in [0.717, 1.165) is 15.5 Å². The number of para-hydroxylation sites is 1. The van der Waals surface area contributed by atoms with E-state index in [0.29, 0.717) is 22.5 Å². The minimum atomic E-state index is -0.542. The van der Waals surface area contributed by atoms with Gasteiger partial charge in [-0.3, -0.25) is 19.3 Å². The molecule has 0 aromatic heterocycles. The van der Waals surface area contributed by atoms with Gasteiger partial charge in [-0.1, -0.05) is 78.9 Å². The molecular formula is C36H27N3O4S2. The van der Waals surface area contributed by atoms with Crippen molar-refractivity contribution in [2.75, 3.05) is 15.5 Å². The zero-order chi connectivity index (χ0) is 31.1. The van der Waals surface area contributed by atoms with Crippen molar-refractivity contribution >= 4 is 64.1 Å². The highest BCUT2D eigenvalue weighted by Crippen LogP contribution is 2.44. The van der Waals surface area contributed by atoms with Crippen LogP contribution < -0.4 is 15.5 Å². The second kappa shape index (κ2) is 11.9. The molecule has 2 N–H and O–H groups in total. The molecule has 2 aliphatic carbocycles. The number of hydrogen-bond acceptors (Lipinski definition) is 6. The van der Waals surface area contributed by atoms with E-state index in [1.165, 1.54) is 11.8 Å². The van der Waals surface area contributed by atoms with Crippen LogP contribution in [-0.4, -0.2) is 40.0 Å². The highest BCUT2D eigenvalue weighted by Gasteiger charge is 2.37. The van der Waals surface area contributed by atoms with Crippen LogP contribution in [0.2, 0.25) is 0 Å². The summed E-state index contributed by atoms with van der Waals surface area (Å²) in [5.41, 5.74) is 2.97. The molecule has 222 valence electrons. The number of carbonyl (C=O) groups excluding carboxylic acids is 4. The Morgan fingerprint density at radius 3 is 2.36 bits per heavy atom. The molecule has 0 fully saturated rings. The third-order valence-corrected chi connectivity index (χ3v) is 10.3. The Kier molecular flexibility index (Phi) is 7.64. The van der Waals surface area contributed by atoms with Crippen LogP contribution in [0, 0.1) is 0 Å². The van der Waals surface area contributed by atoms with Crippen LogP contribution in [-0.2, 0) is 4.79 Å². The van der Waals surface area contributed by atoms with Crippen LogP contribution in [0.3, 0.4) is 0 Å². The number of fused-ring (bicyclic) bond motifs is 4. The van der Waals surface area contributed by atoms with Crippen molar-refractivity contribution in [3.8, 4) is 0 Å². The van der Waals surface area contributed by atoms with Gasteiger partial charge < -0.3 is 10.6 Å². The summed E-state index contributed by atoms with van der Waals surface area (Å²) >= 11 is 3.08. The van der Waals surface area contributed by atoms with E-state index < -0.39 is 5.25 Å². The van der Waals surface area contributed by atoms with Crippen LogP contribution in [0.25, 0.3) is 0 Å². The van der Waals surface area contributed by atoms with Gasteiger partial charge in [0, 0.05) is 32.2 Å². The lowest BCUT2D eigenvalue weighted by atomic mass is 9.83. The molecule has 0 bridgehead atoms. The Bertz CT molecular complexity index is 1950. The van der Waals surface area contributed by atoms with Crippen LogP contribution in [0.5, 0.6) is 0 Å². The molecule has 0 saturated heterocycles. The molecule has 7 rings (SSSR count). The molecule has 4 aromatic rings. The molecule has 3 aliphatic rings. The fraction of sp³-hybridized carbons (Fsp3) is 0.111. The first kappa shape index (κ1) is 28.9. The average molecular weight is 630 g/mol. The van der Waals surface area contributed by atoms with Gasteiger partial charge in [-0.2, -0.15) is 0 Å². The van der Waals surface area contributed by atoms with Gasteiger partial charge in [0.15, 0.2) is 11.6 Å². The smallest absolute Gasteiger partial charge is 0.324 e. The van der Waals surface area contributed by atoms with E-state index >= 15 is 0 Å². The summed E-state index contributed by atoms with van der Waals surface area (Å²) in [6.07, 6.45) is 8.15. The lowest BCUT2D eigenvalue weighted by Gasteiger charge is -2.40. The number of thioether (sulfide) groups is 2. The molecule has 1 heterocycles. The minimum absolute atomic E-state index is 0.115. The maximum Gasteiger partial charge on any atom is 0.326 e. The Morgan fingerprint density at radius 1 is 0.800 bits per heavy atom. The number of benzene rings is 4. The summed E-state index contributed by atoms with van der Waals surface area (Å²) < 4.78 is 0. The first-order valence-electron chi connectivity index (χ1n) is 14.5. The van der Waals surface area contributed by atoms with Crippen LogP contribution >= 0.6 is 23.5 Å². The molecule has 3 atom stereocenters. The first-order chi connectivity index (χ1) is 21.9. The summed E-state index contributed by atoms with van der Waals surface area (Å²) in [6, 6.07) is 26.6. The SMILES string of the molecule is CC(Sc1cccc(NC(=O)N2c3ccccc3SC3C=CC=CC32)c1)C(=O)Nc1cccc2c1C(=O)c1ccccc1C2=O. The van der Waals surface area contributed by atoms with E-state index in [1.807, 2.05) is 66.8 Å². The quantitative estimate of drug-likeness (QED) is 0.195. The summed E-state index contributed by atoms with van der Waals surface area (Å²) in [5.74, 6) is -0.843. The summed E-state index contributed by atoms with van der Waals surface area (Å²) in [5, 5.41) is 5.51. The van der Waals surface area contributed by atoms with Crippen LogP contribution in [0.15, 0.2) is 125 Å². The predicted octanol–water partition coefficient (Wildman–Crippen LogP) is 7.59. The van der Waals surface area contributed by atoms with E-state index in [1.54, 1.807) is 66.1 Å². The largest absolute Gasteiger partial charge is 0.326 e. The molecule has 4 aromatic carbocycles. The summed E-state index contributed by atoms with van der Waals surface area (Å²) in [7, 11) is 0. The Morgan fingerprint density at radius 2 is 1.51 bits per heavy atom. The molecule has 0 radical (unpaired) electrons. The third kappa shape index (κ3) is 5.38. The highest BCUT2D eigenvalue weighted by molar-refractivity contribution is 8.00. The number of carbonyl (C=O) groups is 4. The highest BCUT2D eigenvalue weighted by atomic mass is 32.2. The van der Waals surface area contributed by atoms with Crippen molar-refractivity contribution in [1.82, 2.24) is 0 Å². The topological polar surface area (TPSA) is 95.6 Å². The van der Waals surface area contributed by atoms with Crippen LogP contribution in [0.4, 0.5) is 21.9 Å². The lowest BCUT2D eigenvalue weighted by Crippen LogP contribution is -2.49. The van der Waals surface area contributed by atoms with Gasteiger partial charge in [-0.05, 0) is 43.3 Å². The molecule has 3 unspecified atom stereocenters. The van der Waals surface area contributed by atoms with Gasteiger partial charge >= 0.3 is 6.03 Å². The number of allylic oxidation sites excluding steroid dienone is 2. The zero-order valence-electron chi connectivity index (χ0n) is 24.1. The molecule has 0 saturated carbocycles. The Hall–Kier alpha value is -4.86. The molecule has 1 aliphatic heterocycles. The number of rotatable bonds is 5. The second-order valence-corrected chi connectivity index (χ2v) is 13.5. The van der Waals surface area contributed by atoms with Crippen LogP contribution in [0.1, 0.15) is 38.8 Å². The monoisotopic (exact) mass is 629 g/mol. The number of anilines is 3. The van der Waals surface area contributed by atoms with Gasteiger partial charge in [0.05, 0.1) is 33.5 Å². The number of urea groups is 1. The third-order valence-electron chi connectivity index (χ3n) is 7.94. The van der Waals surface area contributed by atoms with E-state index in [2.05, 4.69) is 16.7 Å². The number of hydrogen-bond donors (Lipinski definition) is 2. The maximum absolute atomic E-state index is 13.7. The van der Waals surface area contributed by atoms with Gasteiger partial charge in [0.25, 0.3) is 0 Å². The minimum Gasteiger partial charge on any atom is -0.324 e. The number of nitrogens with zero attached hydrogens (tertiary/aromatic N) is 1. The molecule has 9 heteroatoms. The molecule has 45 heavy (non-hydrogen) atoms. The summed E-state index contributed by atoms with van der Waals surface area (Å²) in [4.78, 5) is 57.1. The summed E-state index contributed by atoms with van der Waals surface area (Å²) in [6.45, 7) is 1.77. The Labute approximate surface area is 268 Å². The molecule has 3 amide bonds. The normalized spacial score (nSPS) is 18.3. The maximum atomic E-state index is 13.7. The number of nitrogens with one attached hydrogen (secondary N) is 2. The standard InChI is InChI=1S/C36H27N3O4S2/c1-21(35(42)38-27-15-9-14-26-32(27)34(41)25-13-3-2-12-24(25)33(26)40)44-23-11-8-10-22(20-23)37-36(43)39-28-16-4-6-18-30(28)45-31-19-7-5-17-29(31)39/h2-21,28,30H,1H3,(H,37,43)(H,38,42). The molecule has 7 nitrogen and oxygen atoms in total. The fourth-order valence-electron chi connectivity index (χ4n) is 5.80.